The number of carboxylic acid groups (broad SMARTS) is 1. The number of hydrogen-bond acceptors (Lipinski definition) is 2. The molecule has 1 aliphatic heterocycles. The summed E-state index contributed by atoms with van der Waals surface area (Å²) >= 11 is 6.12. The molecule has 4 nitrogen and oxygen atoms in total. The van der Waals surface area contributed by atoms with Crippen LogP contribution in [0.25, 0.3) is 0 Å². The van der Waals surface area contributed by atoms with E-state index < -0.39 is 28.8 Å². The van der Waals surface area contributed by atoms with Crippen LogP contribution in [0, 0.1) is 17.3 Å². The third-order valence-corrected chi connectivity index (χ3v) is 10.6. The largest absolute Gasteiger partial charge is 0.481 e. The minimum Gasteiger partial charge on any atom is -0.481 e. The highest BCUT2D eigenvalue weighted by Gasteiger charge is 2.60. The number of likely N-dealkylation sites (tertiary alicyclic amines) is 1. The molecule has 1 spiro atoms. The topological polar surface area (TPSA) is 57.6 Å². The molecule has 3 unspecified atom stereocenters. The van der Waals surface area contributed by atoms with E-state index in [2.05, 4.69) is 0 Å². The number of hydrogen-bond donors (Lipinski definition) is 1. The maximum absolute atomic E-state index is 14.9. The predicted molar refractivity (Wildman–Crippen MR) is 142 cm³/mol. The van der Waals surface area contributed by atoms with Crippen molar-refractivity contribution < 1.29 is 32.3 Å². The Bertz CT molecular complexity index is 1340. The number of benzene rings is 2. The summed E-state index contributed by atoms with van der Waals surface area (Å²) in [5.74, 6) is -1.10. The van der Waals surface area contributed by atoms with Gasteiger partial charge in [0.15, 0.2) is 0 Å². The maximum Gasteiger partial charge on any atom is 0.426 e. The fourth-order valence-corrected chi connectivity index (χ4v) is 8.27. The van der Waals surface area contributed by atoms with Gasteiger partial charge in [-0.2, -0.15) is 13.2 Å². The van der Waals surface area contributed by atoms with Gasteiger partial charge in [0.2, 0.25) is 11.6 Å². The summed E-state index contributed by atoms with van der Waals surface area (Å²) in [4.78, 5) is 27.0. The molecule has 4 aliphatic rings. The van der Waals surface area contributed by atoms with Crippen molar-refractivity contribution in [3.8, 4) is 0 Å². The van der Waals surface area contributed by atoms with E-state index in [4.69, 9.17) is 11.6 Å². The Labute approximate surface area is 235 Å². The van der Waals surface area contributed by atoms with Crippen molar-refractivity contribution in [2.45, 2.75) is 81.6 Å². The minimum absolute atomic E-state index is 0.0173. The van der Waals surface area contributed by atoms with Crippen molar-refractivity contribution in [2.24, 2.45) is 17.3 Å². The number of aryl methyl sites for hydroxylation is 1. The van der Waals surface area contributed by atoms with Crippen molar-refractivity contribution in [3.05, 3.63) is 69.7 Å². The van der Waals surface area contributed by atoms with E-state index in [9.17, 15) is 32.3 Å². The summed E-state index contributed by atoms with van der Waals surface area (Å²) in [6.07, 6.45) is -0.0253. The van der Waals surface area contributed by atoms with Gasteiger partial charge in [-0.15, -0.1) is 0 Å². The average molecular weight is 578 g/mol. The number of carbonyl (C=O) groups excluding carboxylic acids is 1. The van der Waals surface area contributed by atoms with Gasteiger partial charge in [-0.05, 0) is 98.1 Å². The first-order chi connectivity index (χ1) is 18.7. The molecule has 40 heavy (non-hydrogen) atoms. The second-order valence-corrected chi connectivity index (χ2v) is 13.2. The Kier molecular flexibility index (Phi) is 6.34. The van der Waals surface area contributed by atoms with Crippen LogP contribution in [0.15, 0.2) is 42.5 Å². The number of rotatable bonds is 5. The monoisotopic (exact) mass is 577 g/mol. The molecule has 3 fully saturated rings. The van der Waals surface area contributed by atoms with Gasteiger partial charge in [0.05, 0.1) is 5.92 Å². The van der Waals surface area contributed by atoms with Gasteiger partial charge in [-0.3, -0.25) is 9.59 Å². The Morgan fingerprint density at radius 3 is 2.30 bits per heavy atom. The zero-order valence-electron chi connectivity index (χ0n) is 22.2. The minimum atomic E-state index is -5.03. The van der Waals surface area contributed by atoms with E-state index in [1.54, 1.807) is 6.07 Å². The van der Waals surface area contributed by atoms with Crippen molar-refractivity contribution in [3.63, 3.8) is 0 Å². The molecule has 1 heterocycles. The van der Waals surface area contributed by atoms with Gasteiger partial charge in [0.25, 0.3) is 0 Å². The molecule has 0 radical (unpaired) electrons. The van der Waals surface area contributed by atoms with Crippen LogP contribution in [-0.2, 0) is 33.5 Å². The van der Waals surface area contributed by atoms with E-state index in [-0.39, 0.29) is 29.2 Å². The second-order valence-electron chi connectivity index (χ2n) is 12.7. The first-order valence-corrected chi connectivity index (χ1v) is 14.3. The first-order valence-electron chi connectivity index (χ1n) is 13.9. The number of fused-ring (bicyclic) bond motifs is 3. The second kappa shape index (κ2) is 9.20. The highest BCUT2D eigenvalue weighted by Crippen LogP contribution is 2.62. The molecule has 2 aromatic carbocycles. The molecule has 0 bridgehead atoms. The standard InChI is InChI=1S/C31H32ClF4NO3/c1-28(33,31(34,35)36)22-5-8-24-19(12-22)4-9-25-30(24,13-18-2-6-23(32)7-3-18)10-11-37(25)26(38)20-14-29(15-20)16-21(17-29)27(39)40/h2-3,5-8,12,20-21,25H,4,9-11,13-17H2,1H3,(H,39,40). The van der Waals surface area contributed by atoms with E-state index in [1.807, 2.05) is 29.2 Å². The summed E-state index contributed by atoms with van der Waals surface area (Å²) in [6, 6.07) is 11.7. The lowest BCUT2D eigenvalue weighted by Crippen LogP contribution is -2.56. The molecule has 1 saturated heterocycles. The van der Waals surface area contributed by atoms with Crippen molar-refractivity contribution in [1.82, 2.24) is 4.90 Å². The lowest BCUT2D eigenvalue weighted by molar-refractivity contribution is -0.228. The molecule has 9 heteroatoms. The maximum atomic E-state index is 14.9. The molecule has 3 atom stereocenters. The Morgan fingerprint density at radius 1 is 1.02 bits per heavy atom. The fourth-order valence-electron chi connectivity index (χ4n) is 8.14. The van der Waals surface area contributed by atoms with E-state index in [0.717, 1.165) is 24.0 Å². The third-order valence-electron chi connectivity index (χ3n) is 10.3. The number of nitrogens with zero attached hydrogens (tertiary/aromatic N) is 1. The lowest BCUT2D eigenvalue weighted by Gasteiger charge is -2.57. The lowest BCUT2D eigenvalue weighted by atomic mass is 9.48. The highest BCUT2D eigenvalue weighted by molar-refractivity contribution is 6.30. The van der Waals surface area contributed by atoms with Crippen molar-refractivity contribution >= 4 is 23.5 Å². The van der Waals surface area contributed by atoms with Gasteiger partial charge in [-0.25, -0.2) is 4.39 Å². The summed E-state index contributed by atoms with van der Waals surface area (Å²) in [6.45, 7) is 1.11. The van der Waals surface area contributed by atoms with Crippen LogP contribution in [0.1, 0.15) is 67.7 Å². The van der Waals surface area contributed by atoms with Crippen LogP contribution in [0.2, 0.25) is 5.02 Å². The number of amides is 1. The van der Waals surface area contributed by atoms with Gasteiger partial charge in [0.1, 0.15) is 0 Å². The van der Waals surface area contributed by atoms with Gasteiger partial charge < -0.3 is 10.0 Å². The van der Waals surface area contributed by atoms with Crippen LogP contribution >= 0.6 is 11.6 Å². The number of aliphatic carboxylic acids is 1. The van der Waals surface area contributed by atoms with Gasteiger partial charge in [0, 0.05) is 28.9 Å². The molecule has 6 rings (SSSR count). The first kappa shape index (κ1) is 27.6. The van der Waals surface area contributed by atoms with Crippen LogP contribution in [0.3, 0.4) is 0 Å². The highest BCUT2D eigenvalue weighted by atomic mass is 35.5. The summed E-state index contributed by atoms with van der Waals surface area (Å²) in [5.41, 5.74) is -1.76. The Hall–Kier alpha value is -2.61. The van der Waals surface area contributed by atoms with Crippen LogP contribution in [0.4, 0.5) is 17.6 Å². The smallest absolute Gasteiger partial charge is 0.426 e. The molecule has 0 aromatic heterocycles. The molecule has 2 saturated carbocycles. The zero-order chi connectivity index (χ0) is 28.7. The Morgan fingerprint density at radius 2 is 1.68 bits per heavy atom. The van der Waals surface area contributed by atoms with Crippen molar-refractivity contribution in [2.75, 3.05) is 6.54 Å². The quantitative estimate of drug-likeness (QED) is 0.389. The summed E-state index contributed by atoms with van der Waals surface area (Å²) < 4.78 is 55.4. The predicted octanol–water partition coefficient (Wildman–Crippen LogP) is 7.01. The number of alkyl halides is 4. The Balaban J connectivity index is 1.30. The molecule has 2 aromatic rings. The van der Waals surface area contributed by atoms with E-state index >= 15 is 0 Å². The van der Waals surface area contributed by atoms with E-state index in [1.165, 1.54) is 12.1 Å². The average Bonchev–Trinajstić information content (AvgIpc) is 3.21. The molecular weight excluding hydrogens is 546 g/mol. The zero-order valence-corrected chi connectivity index (χ0v) is 23.0. The van der Waals surface area contributed by atoms with Crippen LogP contribution in [0.5, 0.6) is 0 Å². The van der Waals surface area contributed by atoms with Crippen LogP contribution in [-0.4, -0.2) is 40.6 Å². The molecule has 3 aliphatic carbocycles. The summed E-state index contributed by atoms with van der Waals surface area (Å²) in [5, 5.41) is 9.85. The van der Waals surface area contributed by atoms with Crippen LogP contribution < -0.4 is 0 Å². The third kappa shape index (κ3) is 4.24. The van der Waals surface area contributed by atoms with Crippen molar-refractivity contribution in [1.29, 1.82) is 0 Å². The SMILES string of the molecule is CC(F)(c1ccc2c(c1)CCC1N(C(=O)C3CC4(CC(C(=O)O)C4)C3)CCC21Cc1ccc(Cl)cc1)C(F)(F)F. The van der Waals surface area contributed by atoms with Gasteiger partial charge in [-0.1, -0.05) is 41.9 Å². The number of carboxylic acids is 1. The van der Waals surface area contributed by atoms with E-state index in [0.29, 0.717) is 62.6 Å². The number of carbonyl (C=O) groups is 2. The van der Waals surface area contributed by atoms with Gasteiger partial charge >= 0.3 is 12.1 Å². The number of halogens is 5. The fraction of sp³-hybridized carbons (Fsp3) is 0.548. The molecule has 1 N–H and O–H groups in total. The molecular formula is C31H32ClF4NO3. The normalized spacial score (nSPS) is 32.5. The molecule has 214 valence electrons. The summed E-state index contributed by atoms with van der Waals surface area (Å²) in [7, 11) is 0. The molecule has 1 amide bonds.